The highest BCUT2D eigenvalue weighted by Crippen LogP contribution is 2.39. The largest absolute Gasteiger partial charge is 0.361 e. The van der Waals surface area contributed by atoms with E-state index in [1.165, 1.54) is 22.4 Å². The molecule has 3 rings (SSSR count). The summed E-state index contributed by atoms with van der Waals surface area (Å²) < 4.78 is 0. The van der Waals surface area contributed by atoms with Crippen LogP contribution in [-0.4, -0.2) is 11.9 Å². The molecule has 0 aliphatic carbocycles. The maximum atomic E-state index is 2.38. The fourth-order valence-corrected chi connectivity index (χ4v) is 3.06. The minimum atomic E-state index is -0.119. The molecule has 1 nitrogen and oxygen atoms in total. The van der Waals surface area contributed by atoms with Crippen LogP contribution in [0.1, 0.15) is 25.0 Å². The second kappa shape index (κ2) is 5.25. The van der Waals surface area contributed by atoms with Crippen molar-refractivity contribution in [1.82, 2.24) is 4.90 Å². The number of allylic oxidation sites excluding steroid dienone is 2. The molecule has 0 N–H and O–H groups in total. The van der Waals surface area contributed by atoms with Crippen LogP contribution in [0, 0.1) is 0 Å². The molecule has 0 fully saturated rings. The van der Waals surface area contributed by atoms with Crippen LogP contribution in [0.15, 0.2) is 78.4 Å². The fourth-order valence-electron chi connectivity index (χ4n) is 3.06. The van der Waals surface area contributed by atoms with Crippen LogP contribution in [0.5, 0.6) is 0 Å². The molecular formula is C20H21N. The summed E-state index contributed by atoms with van der Waals surface area (Å²) in [6.07, 6.45) is 4.54. The molecule has 0 radical (unpaired) electrons. The fraction of sp³-hybridized carbons (Fsp3) is 0.200. The Balaban J connectivity index is 2.09. The van der Waals surface area contributed by atoms with Crippen LogP contribution >= 0.6 is 0 Å². The lowest BCUT2D eigenvalue weighted by Crippen LogP contribution is -2.40. The van der Waals surface area contributed by atoms with E-state index >= 15 is 0 Å². The number of rotatable bonds is 2. The Kier molecular flexibility index (Phi) is 3.42. The van der Waals surface area contributed by atoms with Gasteiger partial charge >= 0.3 is 0 Å². The first-order chi connectivity index (χ1) is 10.1. The Morgan fingerprint density at radius 3 is 2.05 bits per heavy atom. The summed E-state index contributed by atoms with van der Waals surface area (Å²) in [6, 6.07) is 21.3. The number of hydrogen-bond donors (Lipinski definition) is 0. The van der Waals surface area contributed by atoms with Gasteiger partial charge in [-0.2, -0.15) is 0 Å². The molecule has 1 unspecified atom stereocenters. The summed E-state index contributed by atoms with van der Waals surface area (Å²) in [4.78, 5) is 2.38. The average molecular weight is 275 g/mol. The molecule has 0 saturated heterocycles. The van der Waals surface area contributed by atoms with Gasteiger partial charge in [-0.3, -0.25) is 0 Å². The molecule has 1 heterocycles. The smallest absolute Gasteiger partial charge is 0.0809 e. The highest BCUT2D eigenvalue weighted by molar-refractivity contribution is 5.71. The molecule has 0 amide bonds. The molecule has 2 aromatic rings. The Morgan fingerprint density at radius 1 is 0.857 bits per heavy atom. The van der Waals surface area contributed by atoms with E-state index in [1.807, 2.05) is 0 Å². The summed E-state index contributed by atoms with van der Waals surface area (Å²) >= 11 is 0. The van der Waals surface area contributed by atoms with Crippen molar-refractivity contribution in [3.63, 3.8) is 0 Å². The molecule has 0 bridgehead atoms. The second-order valence-corrected chi connectivity index (χ2v) is 5.80. The van der Waals surface area contributed by atoms with Crippen molar-refractivity contribution in [1.29, 1.82) is 0 Å². The van der Waals surface area contributed by atoms with Crippen LogP contribution in [-0.2, 0) is 5.54 Å². The SMILES string of the molecule is CC1=C(c2ccccc2)N(C)C(C)(c2ccccc2)C=C1. The zero-order valence-corrected chi connectivity index (χ0v) is 12.9. The first-order valence-electron chi connectivity index (χ1n) is 7.38. The minimum Gasteiger partial charge on any atom is -0.361 e. The minimum absolute atomic E-state index is 0.119. The monoisotopic (exact) mass is 275 g/mol. The molecule has 1 aliphatic rings. The van der Waals surface area contributed by atoms with Crippen LogP contribution in [0.2, 0.25) is 0 Å². The molecule has 0 spiro atoms. The molecule has 1 aliphatic heterocycles. The summed E-state index contributed by atoms with van der Waals surface area (Å²) in [5.74, 6) is 0. The van der Waals surface area contributed by atoms with Crippen molar-refractivity contribution < 1.29 is 0 Å². The van der Waals surface area contributed by atoms with Gasteiger partial charge in [0.25, 0.3) is 0 Å². The van der Waals surface area contributed by atoms with E-state index in [2.05, 4.69) is 98.6 Å². The van der Waals surface area contributed by atoms with Crippen LogP contribution in [0.25, 0.3) is 5.70 Å². The van der Waals surface area contributed by atoms with Gasteiger partial charge in [-0.25, -0.2) is 0 Å². The zero-order chi connectivity index (χ0) is 14.9. The van der Waals surface area contributed by atoms with E-state index in [4.69, 9.17) is 0 Å². The lowest BCUT2D eigenvalue weighted by molar-refractivity contribution is 0.277. The molecule has 0 aromatic heterocycles. The number of nitrogens with zero attached hydrogens (tertiary/aromatic N) is 1. The van der Waals surface area contributed by atoms with Gasteiger partial charge in [-0.05, 0) is 30.5 Å². The van der Waals surface area contributed by atoms with Crippen molar-refractivity contribution in [2.75, 3.05) is 7.05 Å². The van der Waals surface area contributed by atoms with Crippen molar-refractivity contribution in [3.8, 4) is 0 Å². The Hall–Kier alpha value is -2.28. The van der Waals surface area contributed by atoms with Gasteiger partial charge in [0.2, 0.25) is 0 Å². The van der Waals surface area contributed by atoms with E-state index in [9.17, 15) is 0 Å². The number of likely N-dealkylation sites (N-methyl/N-ethyl adjacent to an activating group) is 1. The normalized spacial score (nSPS) is 21.8. The third-order valence-corrected chi connectivity index (χ3v) is 4.47. The van der Waals surface area contributed by atoms with E-state index in [0.717, 1.165) is 0 Å². The molecule has 21 heavy (non-hydrogen) atoms. The summed E-state index contributed by atoms with van der Waals surface area (Å²) in [5.41, 5.74) is 5.06. The highest BCUT2D eigenvalue weighted by Gasteiger charge is 2.33. The molecule has 2 aromatic carbocycles. The number of hydrogen-bond acceptors (Lipinski definition) is 1. The molecule has 1 atom stereocenters. The van der Waals surface area contributed by atoms with Gasteiger partial charge in [0, 0.05) is 12.7 Å². The molecule has 0 saturated carbocycles. The van der Waals surface area contributed by atoms with Gasteiger partial charge in [0.05, 0.1) is 5.54 Å². The molecule has 106 valence electrons. The van der Waals surface area contributed by atoms with Gasteiger partial charge < -0.3 is 4.90 Å². The van der Waals surface area contributed by atoms with E-state index in [-0.39, 0.29) is 5.54 Å². The average Bonchev–Trinajstić information content (AvgIpc) is 2.53. The van der Waals surface area contributed by atoms with Gasteiger partial charge in [0.15, 0.2) is 0 Å². The molecule has 1 heteroatoms. The van der Waals surface area contributed by atoms with Gasteiger partial charge in [0.1, 0.15) is 0 Å². The Bertz CT molecular complexity index is 682. The first kappa shape index (κ1) is 13.7. The Morgan fingerprint density at radius 2 is 1.43 bits per heavy atom. The lowest BCUT2D eigenvalue weighted by atomic mass is 9.85. The first-order valence-corrected chi connectivity index (χ1v) is 7.38. The summed E-state index contributed by atoms with van der Waals surface area (Å²) in [7, 11) is 2.18. The zero-order valence-electron chi connectivity index (χ0n) is 12.9. The van der Waals surface area contributed by atoms with Crippen molar-refractivity contribution in [3.05, 3.63) is 89.5 Å². The van der Waals surface area contributed by atoms with Crippen LogP contribution in [0.3, 0.4) is 0 Å². The van der Waals surface area contributed by atoms with Crippen molar-refractivity contribution >= 4 is 5.70 Å². The highest BCUT2D eigenvalue weighted by atomic mass is 15.2. The van der Waals surface area contributed by atoms with Crippen molar-refractivity contribution in [2.45, 2.75) is 19.4 Å². The maximum Gasteiger partial charge on any atom is 0.0809 e. The quantitative estimate of drug-likeness (QED) is 0.758. The van der Waals surface area contributed by atoms with Crippen molar-refractivity contribution in [2.24, 2.45) is 0 Å². The van der Waals surface area contributed by atoms with Gasteiger partial charge in [-0.15, -0.1) is 0 Å². The van der Waals surface area contributed by atoms with Crippen LogP contribution in [0.4, 0.5) is 0 Å². The van der Waals surface area contributed by atoms with Gasteiger partial charge in [-0.1, -0.05) is 72.8 Å². The predicted octanol–water partition coefficient (Wildman–Crippen LogP) is 4.83. The van der Waals surface area contributed by atoms with E-state index < -0.39 is 0 Å². The predicted molar refractivity (Wildman–Crippen MR) is 89.7 cm³/mol. The van der Waals surface area contributed by atoms with E-state index in [1.54, 1.807) is 0 Å². The topological polar surface area (TPSA) is 3.24 Å². The van der Waals surface area contributed by atoms with E-state index in [0.29, 0.717) is 0 Å². The standard InChI is InChI=1S/C20H21N/c1-16-14-15-20(2,18-12-8-5-9-13-18)21(3)19(16)17-10-6-4-7-11-17/h4-15H,1-3H3. The lowest BCUT2D eigenvalue weighted by Gasteiger charge is -2.43. The second-order valence-electron chi connectivity index (χ2n) is 5.80. The Labute approximate surface area is 127 Å². The van der Waals surface area contributed by atoms with Crippen LogP contribution < -0.4 is 0 Å². The number of benzene rings is 2. The molecular weight excluding hydrogens is 254 g/mol. The summed E-state index contributed by atoms with van der Waals surface area (Å²) in [5, 5.41) is 0. The summed E-state index contributed by atoms with van der Waals surface area (Å²) in [6.45, 7) is 4.45. The third kappa shape index (κ3) is 2.29. The maximum absolute atomic E-state index is 2.38. The third-order valence-electron chi connectivity index (χ3n) is 4.47.